The largest absolute Gasteiger partial charge is 0.496 e. The predicted molar refractivity (Wildman–Crippen MR) is 104 cm³/mol. The first-order chi connectivity index (χ1) is 13.6. The Labute approximate surface area is 161 Å². The van der Waals surface area contributed by atoms with Crippen molar-refractivity contribution >= 4 is 23.2 Å². The third kappa shape index (κ3) is 4.70. The van der Waals surface area contributed by atoms with Crippen molar-refractivity contribution in [2.24, 2.45) is 0 Å². The number of carbonyl (C=O) groups is 2. The number of carbonyl (C=O) groups excluding carboxylic acids is 2. The van der Waals surface area contributed by atoms with Gasteiger partial charge in [0.1, 0.15) is 17.3 Å². The molecule has 1 aromatic heterocycles. The number of aromatic nitrogens is 1. The first-order valence-electron chi connectivity index (χ1n) is 8.50. The molecule has 0 saturated carbocycles. The molecule has 0 spiro atoms. The molecule has 0 atom stereocenters. The van der Waals surface area contributed by atoms with Gasteiger partial charge in [0.25, 0.3) is 5.91 Å². The minimum absolute atomic E-state index is 0.0359. The molecule has 0 aliphatic rings. The van der Waals surface area contributed by atoms with E-state index in [1.165, 1.54) is 25.4 Å². The Balaban J connectivity index is 1.77. The normalized spacial score (nSPS) is 10.2. The van der Waals surface area contributed by atoms with E-state index in [-0.39, 0.29) is 29.4 Å². The van der Waals surface area contributed by atoms with Gasteiger partial charge in [0.2, 0.25) is 5.91 Å². The zero-order valence-corrected chi connectivity index (χ0v) is 15.1. The second-order valence-corrected chi connectivity index (χ2v) is 5.90. The monoisotopic (exact) mass is 379 g/mol. The van der Waals surface area contributed by atoms with Crippen molar-refractivity contribution in [2.45, 2.75) is 6.42 Å². The predicted octanol–water partition coefficient (Wildman–Crippen LogP) is 3.66. The van der Waals surface area contributed by atoms with Crippen molar-refractivity contribution in [3.05, 3.63) is 83.9 Å². The molecule has 142 valence electrons. The summed E-state index contributed by atoms with van der Waals surface area (Å²) >= 11 is 0. The van der Waals surface area contributed by atoms with Gasteiger partial charge in [0.15, 0.2) is 0 Å². The number of nitrogens with zero attached hydrogens (tertiary/aromatic N) is 1. The number of hydrogen-bond donors (Lipinski definition) is 2. The molecule has 0 radical (unpaired) electrons. The molecule has 0 fully saturated rings. The Morgan fingerprint density at radius 1 is 1.00 bits per heavy atom. The van der Waals surface area contributed by atoms with Gasteiger partial charge in [-0.05, 0) is 36.4 Å². The van der Waals surface area contributed by atoms with Crippen molar-refractivity contribution in [3.8, 4) is 5.75 Å². The Kier molecular flexibility index (Phi) is 5.96. The van der Waals surface area contributed by atoms with Gasteiger partial charge in [-0.15, -0.1) is 0 Å². The van der Waals surface area contributed by atoms with Crippen LogP contribution in [0.1, 0.15) is 16.1 Å². The van der Waals surface area contributed by atoms with Gasteiger partial charge in [0.05, 0.1) is 24.9 Å². The van der Waals surface area contributed by atoms with Crippen molar-refractivity contribution in [1.82, 2.24) is 4.98 Å². The summed E-state index contributed by atoms with van der Waals surface area (Å²) in [6.45, 7) is 0. The van der Waals surface area contributed by atoms with E-state index in [0.717, 1.165) is 6.07 Å². The summed E-state index contributed by atoms with van der Waals surface area (Å²) in [5, 5.41) is 5.28. The molecule has 3 rings (SSSR count). The SMILES string of the molecule is COc1ccccc1CC(=O)Nc1cc(F)ccc1NC(=O)c1ccccn1. The Morgan fingerprint density at radius 3 is 2.54 bits per heavy atom. The van der Waals surface area contributed by atoms with E-state index in [2.05, 4.69) is 15.6 Å². The summed E-state index contributed by atoms with van der Waals surface area (Å²) in [4.78, 5) is 28.7. The Morgan fingerprint density at radius 2 is 1.79 bits per heavy atom. The molecule has 6 nitrogen and oxygen atoms in total. The highest BCUT2D eigenvalue weighted by Gasteiger charge is 2.14. The number of pyridine rings is 1. The summed E-state index contributed by atoms with van der Waals surface area (Å²) in [5.74, 6) is -0.792. The fraction of sp³-hybridized carbons (Fsp3) is 0.0952. The van der Waals surface area contributed by atoms with Crippen LogP contribution in [0.3, 0.4) is 0 Å². The van der Waals surface area contributed by atoms with E-state index < -0.39 is 11.7 Å². The van der Waals surface area contributed by atoms with Gasteiger partial charge in [-0.25, -0.2) is 4.39 Å². The minimum atomic E-state index is -0.538. The van der Waals surface area contributed by atoms with Crippen LogP contribution in [0.25, 0.3) is 0 Å². The topological polar surface area (TPSA) is 80.3 Å². The van der Waals surface area contributed by atoms with Crippen molar-refractivity contribution in [2.75, 3.05) is 17.7 Å². The Hall–Kier alpha value is -3.74. The van der Waals surface area contributed by atoms with Gasteiger partial charge in [-0.3, -0.25) is 14.6 Å². The fourth-order valence-corrected chi connectivity index (χ4v) is 2.63. The highest BCUT2D eigenvalue weighted by atomic mass is 19.1. The molecule has 0 aliphatic carbocycles. The average molecular weight is 379 g/mol. The van der Waals surface area contributed by atoms with Crippen LogP contribution in [-0.2, 0) is 11.2 Å². The second kappa shape index (κ2) is 8.77. The number of anilines is 2. The van der Waals surface area contributed by atoms with Gasteiger partial charge in [-0.1, -0.05) is 24.3 Å². The molecule has 28 heavy (non-hydrogen) atoms. The van der Waals surface area contributed by atoms with Crippen molar-refractivity contribution in [1.29, 1.82) is 0 Å². The molecular weight excluding hydrogens is 361 g/mol. The zero-order valence-electron chi connectivity index (χ0n) is 15.1. The van der Waals surface area contributed by atoms with Crippen LogP contribution in [0, 0.1) is 5.82 Å². The number of ether oxygens (including phenoxy) is 1. The standard InChI is InChI=1S/C21H18FN3O3/c1-28-19-8-3-2-6-14(19)12-20(26)24-18-13-15(22)9-10-16(18)25-21(27)17-7-4-5-11-23-17/h2-11,13H,12H2,1H3,(H,24,26)(H,25,27). The molecule has 0 unspecified atom stereocenters. The number of rotatable bonds is 6. The smallest absolute Gasteiger partial charge is 0.274 e. The van der Waals surface area contributed by atoms with Gasteiger partial charge < -0.3 is 15.4 Å². The first-order valence-corrected chi connectivity index (χ1v) is 8.50. The van der Waals surface area contributed by atoms with Gasteiger partial charge >= 0.3 is 0 Å². The maximum Gasteiger partial charge on any atom is 0.274 e. The maximum atomic E-state index is 13.7. The zero-order chi connectivity index (χ0) is 19.9. The number of benzene rings is 2. The summed E-state index contributed by atoms with van der Waals surface area (Å²) in [6, 6.07) is 15.8. The van der Waals surface area contributed by atoms with Crippen molar-refractivity contribution < 1.29 is 18.7 Å². The van der Waals surface area contributed by atoms with Gasteiger partial charge in [0, 0.05) is 11.8 Å². The molecule has 1 heterocycles. The van der Waals surface area contributed by atoms with E-state index >= 15 is 0 Å². The molecule has 7 heteroatoms. The van der Waals surface area contributed by atoms with Crippen LogP contribution in [0.2, 0.25) is 0 Å². The van der Waals surface area contributed by atoms with Crippen LogP contribution in [0.4, 0.5) is 15.8 Å². The molecule has 0 bridgehead atoms. The Bertz CT molecular complexity index is 993. The highest BCUT2D eigenvalue weighted by molar-refractivity contribution is 6.06. The number of halogens is 1. The fourth-order valence-electron chi connectivity index (χ4n) is 2.63. The molecule has 0 aliphatic heterocycles. The maximum absolute atomic E-state index is 13.7. The number of amides is 2. The lowest BCUT2D eigenvalue weighted by Crippen LogP contribution is -2.19. The van der Waals surface area contributed by atoms with Gasteiger partial charge in [-0.2, -0.15) is 0 Å². The van der Waals surface area contributed by atoms with E-state index in [0.29, 0.717) is 11.3 Å². The lowest BCUT2D eigenvalue weighted by molar-refractivity contribution is -0.115. The van der Waals surface area contributed by atoms with Crippen molar-refractivity contribution in [3.63, 3.8) is 0 Å². The lowest BCUT2D eigenvalue weighted by Gasteiger charge is -2.13. The molecule has 2 amide bonds. The number of nitrogens with one attached hydrogen (secondary N) is 2. The van der Waals surface area contributed by atoms with Crippen LogP contribution in [0.15, 0.2) is 66.9 Å². The van der Waals surface area contributed by atoms with E-state index in [9.17, 15) is 14.0 Å². The number of hydrogen-bond acceptors (Lipinski definition) is 4. The summed E-state index contributed by atoms with van der Waals surface area (Å²) < 4.78 is 18.9. The molecule has 3 aromatic rings. The summed E-state index contributed by atoms with van der Waals surface area (Å²) in [6.07, 6.45) is 1.53. The second-order valence-electron chi connectivity index (χ2n) is 5.90. The molecule has 2 N–H and O–H groups in total. The minimum Gasteiger partial charge on any atom is -0.496 e. The average Bonchev–Trinajstić information content (AvgIpc) is 2.71. The first kappa shape index (κ1) is 19.0. The molecule has 2 aromatic carbocycles. The quantitative estimate of drug-likeness (QED) is 0.685. The summed E-state index contributed by atoms with van der Waals surface area (Å²) in [5.41, 5.74) is 1.32. The summed E-state index contributed by atoms with van der Waals surface area (Å²) in [7, 11) is 1.52. The van der Waals surface area contributed by atoms with E-state index in [1.807, 2.05) is 0 Å². The number of para-hydroxylation sites is 1. The molecule has 0 saturated heterocycles. The van der Waals surface area contributed by atoms with Crippen LogP contribution in [-0.4, -0.2) is 23.9 Å². The molecular formula is C21H18FN3O3. The van der Waals surface area contributed by atoms with Crippen LogP contribution >= 0.6 is 0 Å². The number of methoxy groups -OCH3 is 1. The third-order valence-electron chi connectivity index (χ3n) is 3.94. The van der Waals surface area contributed by atoms with E-state index in [1.54, 1.807) is 42.5 Å². The highest BCUT2D eigenvalue weighted by Crippen LogP contribution is 2.24. The van der Waals surface area contributed by atoms with Crippen LogP contribution in [0.5, 0.6) is 5.75 Å². The van der Waals surface area contributed by atoms with Crippen LogP contribution < -0.4 is 15.4 Å². The third-order valence-corrected chi connectivity index (χ3v) is 3.94. The lowest BCUT2D eigenvalue weighted by atomic mass is 10.1. The van der Waals surface area contributed by atoms with E-state index in [4.69, 9.17) is 4.74 Å².